The molecule has 1 N–H and O–H groups in total. The van der Waals surface area contributed by atoms with Crippen molar-refractivity contribution in [3.05, 3.63) is 144 Å². The van der Waals surface area contributed by atoms with Crippen LogP contribution in [0.15, 0.2) is 121 Å². The van der Waals surface area contributed by atoms with Crippen molar-refractivity contribution >= 4 is 31.7 Å². The number of phosphoric ester groups is 1. The van der Waals surface area contributed by atoms with Crippen LogP contribution in [0.2, 0.25) is 0 Å². The van der Waals surface area contributed by atoms with Crippen LogP contribution in [0.1, 0.15) is 41.4 Å². The maximum Gasteiger partial charge on any atom is 0.338 e. The Balaban J connectivity index is 1.53. The molecule has 0 aromatic heterocycles. The highest BCUT2D eigenvalue weighted by molar-refractivity contribution is 7.44. The second kappa shape index (κ2) is 15.6. The summed E-state index contributed by atoms with van der Waals surface area (Å²) in [5.74, 6) is -3.68. The number of hydrogen-bond donors (Lipinski definition) is 1. The summed E-state index contributed by atoms with van der Waals surface area (Å²) in [7, 11) is -5.59. The summed E-state index contributed by atoms with van der Waals surface area (Å²) in [4.78, 5) is 74.2. The Labute approximate surface area is 274 Å². The molecule has 6 atom stereocenters. The molecule has 48 heavy (non-hydrogen) atoms. The van der Waals surface area contributed by atoms with Gasteiger partial charge >= 0.3 is 23.9 Å². The van der Waals surface area contributed by atoms with E-state index in [1.807, 2.05) is 0 Å². The minimum atomic E-state index is -5.59. The van der Waals surface area contributed by atoms with Crippen LogP contribution >= 0.6 is 7.82 Å². The van der Waals surface area contributed by atoms with Crippen LogP contribution < -0.4 is 4.89 Å². The number of hydrogen-bond acceptors (Lipinski definition) is 12. The van der Waals surface area contributed by atoms with Crippen molar-refractivity contribution < 1.29 is 61.7 Å². The van der Waals surface area contributed by atoms with Gasteiger partial charge < -0.3 is 33.5 Å². The zero-order valence-electron chi connectivity index (χ0n) is 24.9. The van der Waals surface area contributed by atoms with E-state index in [0.29, 0.717) is 0 Å². The molecule has 0 aliphatic carbocycles. The van der Waals surface area contributed by atoms with Gasteiger partial charge in [0.05, 0.1) is 22.3 Å². The smallest absolute Gasteiger partial charge is 0.338 e. The van der Waals surface area contributed by atoms with Gasteiger partial charge in [-0.25, -0.2) is 19.2 Å². The largest absolute Gasteiger partial charge is 0.756 e. The number of esters is 4. The number of ether oxygens (including phenoxy) is 5. The number of rotatable bonds is 12. The predicted octanol–water partition coefficient (Wildman–Crippen LogP) is 3.72. The van der Waals surface area contributed by atoms with Crippen molar-refractivity contribution in [2.45, 2.75) is 30.7 Å². The summed E-state index contributed by atoms with van der Waals surface area (Å²) in [5.41, 5.74) is 0.338. The van der Waals surface area contributed by atoms with Crippen LogP contribution in [-0.2, 0) is 32.8 Å². The first-order valence-electron chi connectivity index (χ1n) is 14.5. The number of phosphoric acid groups is 1. The third kappa shape index (κ3) is 9.00. The molecular formula is C34H28O13P-. The van der Waals surface area contributed by atoms with Crippen molar-refractivity contribution in [1.82, 2.24) is 0 Å². The topological polar surface area (TPSA) is 184 Å². The minimum Gasteiger partial charge on any atom is -0.756 e. The Bertz CT molecular complexity index is 1750. The van der Waals surface area contributed by atoms with Crippen molar-refractivity contribution in [2.75, 3.05) is 6.61 Å². The van der Waals surface area contributed by atoms with Crippen LogP contribution in [0.4, 0.5) is 0 Å². The highest BCUT2D eigenvalue weighted by Crippen LogP contribution is 2.41. The van der Waals surface area contributed by atoms with Crippen molar-refractivity contribution in [3.8, 4) is 0 Å². The summed E-state index contributed by atoms with van der Waals surface area (Å²) in [6.07, 6.45) is -9.00. The molecule has 1 unspecified atom stereocenters. The third-order valence-corrected chi connectivity index (χ3v) is 7.45. The van der Waals surface area contributed by atoms with Gasteiger partial charge in [0.1, 0.15) is 12.7 Å². The van der Waals surface area contributed by atoms with Gasteiger partial charge in [-0.15, -0.1) is 0 Å². The highest BCUT2D eigenvalue weighted by Gasteiger charge is 2.55. The van der Waals surface area contributed by atoms with Gasteiger partial charge in [0.25, 0.3) is 7.82 Å². The molecule has 5 rings (SSSR count). The van der Waals surface area contributed by atoms with Crippen LogP contribution in [0.25, 0.3) is 0 Å². The average Bonchev–Trinajstić information content (AvgIpc) is 3.41. The van der Waals surface area contributed by atoms with Gasteiger partial charge in [0.15, 0.2) is 18.3 Å². The fourth-order valence-electron chi connectivity index (χ4n) is 4.75. The van der Waals surface area contributed by atoms with E-state index in [4.69, 9.17) is 28.2 Å². The average molecular weight is 676 g/mol. The quantitative estimate of drug-likeness (QED) is 0.130. The van der Waals surface area contributed by atoms with E-state index in [9.17, 15) is 33.5 Å². The summed E-state index contributed by atoms with van der Waals surface area (Å²) < 4.78 is 44.9. The van der Waals surface area contributed by atoms with Crippen LogP contribution in [0.5, 0.6) is 0 Å². The Kier molecular flexibility index (Phi) is 11.1. The molecule has 4 aromatic rings. The van der Waals surface area contributed by atoms with Crippen LogP contribution in [-0.4, -0.2) is 66.1 Å². The Morgan fingerprint density at radius 3 is 1.48 bits per heavy atom. The maximum atomic E-state index is 13.3. The molecule has 4 aromatic carbocycles. The Morgan fingerprint density at radius 2 is 1.04 bits per heavy atom. The fourth-order valence-corrected chi connectivity index (χ4v) is 5.18. The summed E-state index contributed by atoms with van der Waals surface area (Å²) in [6, 6.07) is 30.8. The predicted molar refractivity (Wildman–Crippen MR) is 163 cm³/mol. The van der Waals surface area contributed by atoms with Gasteiger partial charge in [-0.2, -0.15) is 0 Å². The second-order valence-corrected chi connectivity index (χ2v) is 11.4. The molecule has 1 saturated heterocycles. The molecule has 13 nitrogen and oxygen atoms in total. The Hall–Kier alpha value is -5.17. The molecule has 0 amide bonds. The molecular weight excluding hydrogens is 647 g/mol. The molecule has 0 saturated carbocycles. The SMILES string of the molecule is O=C(OC[C@@H](OC(=O)c1ccccc1)[C@@H]1O[C@H](OP(=O)([O-])O)[C@H](OC(=O)c2ccccc2)[C@H]1OC(=O)c1ccccc1)c1ccccc1. The number of benzene rings is 4. The first kappa shape index (κ1) is 34.2. The van der Waals surface area contributed by atoms with Gasteiger partial charge in [0.2, 0.25) is 6.29 Å². The third-order valence-electron chi connectivity index (χ3n) is 6.97. The van der Waals surface area contributed by atoms with E-state index in [-0.39, 0.29) is 22.3 Å². The molecule has 1 aliphatic rings. The van der Waals surface area contributed by atoms with Crippen LogP contribution in [0.3, 0.4) is 0 Å². The lowest BCUT2D eigenvalue weighted by molar-refractivity contribution is -0.245. The molecule has 248 valence electrons. The number of carbonyl (C=O) groups is 4. The highest BCUT2D eigenvalue weighted by atomic mass is 31.2. The zero-order valence-corrected chi connectivity index (χ0v) is 25.8. The molecule has 1 fully saturated rings. The fraction of sp³-hybridized carbons (Fsp3) is 0.176. The zero-order chi connectivity index (χ0) is 34.1. The van der Waals surface area contributed by atoms with E-state index < -0.39 is 69.0 Å². The molecule has 1 aliphatic heterocycles. The van der Waals surface area contributed by atoms with E-state index >= 15 is 0 Å². The molecule has 0 radical (unpaired) electrons. The van der Waals surface area contributed by atoms with Crippen molar-refractivity contribution in [1.29, 1.82) is 0 Å². The summed E-state index contributed by atoms with van der Waals surface area (Å²) >= 11 is 0. The Morgan fingerprint density at radius 1 is 0.646 bits per heavy atom. The van der Waals surface area contributed by atoms with Gasteiger partial charge in [-0.1, -0.05) is 72.8 Å². The van der Waals surface area contributed by atoms with Crippen molar-refractivity contribution in [3.63, 3.8) is 0 Å². The van der Waals surface area contributed by atoms with Crippen LogP contribution in [0, 0.1) is 0 Å². The maximum absolute atomic E-state index is 13.3. The summed E-state index contributed by atoms with van der Waals surface area (Å²) in [6.45, 7) is -0.698. The molecule has 0 spiro atoms. The van der Waals surface area contributed by atoms with E-state index in [1.54, 1.807) is 72.8 Å². The minimum absolute atomic E-state index is 0.0333. The normalized spacial score (nSPS) is 20.5. The molecule has 1 heterocycles. The van der Waals surface area contributed by atoms with E-state index in [2.05, 4.69) is 0 Å². The molecule has 14 heteroatoms. The summed E-state index contributed by atoms with van der Waals surface area (Å²) in [5, 5.41) is 0. The van der Waals surface area contributed by atoms with Gasteiger partial charge in [-0.3, -0.25) is 9.09 Å². The van der Waals surface area contributed by atoms with E-state index in [1.165, 1.54) is 48.5 Å². The lowest BCUT2D eigenvalue weighted by Gasteiger charge is -2.28. The first-order valence-corrected chi connectivity index (χ1v) is 16.0. The first-order chi connectivity index (χ1) is 23.1. The van der Waals surface area contributed by atoms with Gasteiger partial charge in [0, 0.05) is 0 Å². The lowest BCUT2D eigenvalue weighted by Crippen LogP contribution is -2.47. The van der Waals surface area contributed by atoms with Gasteiger partial charge in [-0.05, 0) is 48.5 Å². The van der Waals surface area contributed by atoms with E-state index in [0.717, 1.165) is 0 Å². The van der Waals surface area contributed by atoms with Crippen molar-refractivity contribution in [2.24, 2.45) is 0 Å². The standard InChI is InChI=1S/C34H29O13P/c35-30(22-13-5-1-6-14-22)42-21-26(43-31(36)23-15-7-2-8-16-23)27-28(44-32(37)24-17-9-3-10-18-24)29(34(46-27)47-48(39,40)41)45-33(38)25-19-11-4-12-20-25/h1-20,26-29,34H,21H2,(H2,39,40,41)/p-1/t26-,27+,28+,29-,34-/m1/s1. The monoisotopic (exact) mass is 675 g/mol. The number of carbonyl (C=O) groups excluding carboxylic acids is 4. The molecule has 0 bridgehead atoms. The lowest BCUT2D eigenvalue weighted by atomic mass is 10.0. The second-order valence-electron chi connectivity index (χ2n) is 10.3.